The van der Waals surface area contributed by atoms with Crippen LogP contribution in [0.2, 0.25) is 0 Å². The number of fused-ring (bicyclic) bond motifs is 2. The second-order valence-electron chi connectivity index (χ2n) is 9.99. The van der Waals surface area contributed by atoms with Crippen molar-refractivity contribution in [1.29, 1.82) is 0 Å². The standard InChI is InChI=1S/C27H31N3O4/c1-4-20-26-19(12-27(2,3)13-22(26)31)29-18-7-5-6-8-21(18)30(20)15-25(32)28-14-17-9-10-23-24(11-17)34-16-33-23/h5-11,20,29H,4,12-16H2,1-3H3,(H,28,32). The van der Waals surface area contributed by atoms with Gasteiger partial charge in [-0.25, -0.2) is 0 Å². The molecule has 2 heterocycles. The fourth-order valence-corrected chi connectivity index (χ4v) is 5.23. The fourth-order valence-electron chi connectivity index (χ4n) is 5.23. The number of nitrogens with zero attached hydrogens (tertiary/aromatic N) is 1. The molecule has 5 rings (SSSR count). The highest BCUT2D eigenvalue weighted by molar-refractivity contribution is 6.01. The van der Waals surface area contributed by atoms with Crippen molar-refractivity contribution >= 4 is 23.1 Å². The number of hydrogen-bond acceptors (Lipinski definition) is 6. The number of para-hydroxylation sites is 2. The van der Waals surface area contributed by atoms with Crippen molar-refractivity contribution in [2.45, 2.75) is 52.6 Å². The van der Waals surface area contributed by atoms with Crippen molar-refractivity contribution in [3.8, 4) is 11.5 Å². The van der Waals surface area contributed by atoms with E-state index in [-0.39, 0.29) is 36.5 Å². The third kappa shape index (κ3) is 4.22. The van der Waals surface area contributed by atoms with Gasteiger partial charge in [0.25, 0.3) is 0 Å². The zero-order chi connectivity index (χ0) is 23.9. The molecular formula is C27H31N3O4. The van der Waals surface area contributed by atoms with Crippen LogP contribution in [0, 0.1) is 5.41 Å². The molecule has 0 aromatic heterocycles. The van der Waals surface area contributed by atoms with Crippen LogP contribution >= 0.6 is 0 Å². The molecule has 2 aliphatic heterocycles. The highest BCUT2D eigenvalue weighted by Gasteiger charge is 2.40. The molecule has 0 radical (unpaired) electrons. The molecule has 2 aromatic rings. The van der Waals surface area contributed by atoms with E-state index in [0.717, 1.165) is 46.8 Å². The van der Waals surface area contributed by atoms with E-state index < -0.39 is 0 Å². The van der Waals surface area contributed by atoms with Gasteiger partial charge in [0.2, 0.25) is 12.7 Å². The van der Waals surface area contributed by atoms with Gasteiger partial charge in [-0.3, -0.25) is 9.59 Å². The van der Waals surface area contributed by atoms with Crippen LogP contribution in [0.3, 0.4) is 0 Å². The summed E-state index contributed by atoms with van der Waals surface area (Å²) in [7, 11) is 0. The predicted octanol–water partition coefficient (Wildman–Crippen LogP) is 4.39. The van der Waals surface area contributed by atoms with Crippen LogP contribution < -0.4 is 25.0 Å². The molecule has 0 saturated heterocycles. The van der Waals surface area contributed by atoms with E-state index in [4.69, 9.17) is 9.47 Å². The Labute approximate surface area is 200 Å². The zero-order valence-corrected chi connectivity index (χ0v) is 19.9. The molecule has 7 nitrogen and oxygen atoms in total. The van der Waals surface area contributed by atoms with Gasteiger partial charge in [-0.05, 0) is 48.1 Å². The molecule has 0 spiro atoms. The Morgan fingerprint density at radius 1 is 1.15 bits per heavy atom. The number of benzene rings is 2. The molecule has 3 aliphatic rings. The summed E-state index contributed by atoms with van der Waals surface area (Å²) in [6.07, 6.45) is 2.06. The van der Waals surface area contributed by atoms with Crippen molar-refractivity contribution in [1.82, 2.24) is 5.32 Å². The molecule has 1 aliphatic carbocycles. The number of ketones is 1. The Hall–Kier alpha value is -3.48. The largest absolute Gasteiger partial charge is 0.454 e. The lowest BCUT2D eigenvalue weighted by molar-refractivity contribution is -0.120. The highest BCUT2D eigenvalue weighted by atomic mass is 16.7. The first-order chi connectivity index (χ1) is 16.3. The summed E-state index contributed by atoms with van der Waals surface area (Å²) >= 11 is 0. The average Bonchev–Trinajstić information content (AvgIpc) is 3.22. The minimum absolute atomic E-state index is 0.0900. The molecule has 0 bridgehead atoms. The van der Waals surface area contributed by atoms with Crippen LogP contribution in [0.4, 0.5) is 11.4 Å². The monoisotopic (exact) mass is 461 g/mol. The van der Waals surface area contributed by atoms with E-state index in [1.165, 1.54) is 0 Å². The maximum Gasteiger partial charge on any atom is 0.239 e. The lowest BCUT2D eigenvalue weighted by Crippen LogP contribution is -2.46. The Morgan fingerprint density at radius 2 is 1.94 bits per heavy atom. The van der Waals surface area contributed by atoms with Crippen molar-refractivity contribution in [2.24, 2.45) is 5.41 Å². The molecule has 1 atom stereocenters. The first kappa shape index (κ1) is 22.3. The quantitative estimate of drug-likeness (QED) is 0.688. The number of amides is 1. The molecule has 2 aromatic carbocycles. The summed E-state index contributed by atoms with van der Waals surface area (Å²) < 4.78 is 10.8. The second-order valence-corrected chi connectivity index (χ2v) is 9.99. The summed E-state index contributed by atoms with van der Waals surface area (Å²) in [5, 5.41) is 6.59. The maximum absolute atomic E-state index is 13.3. The number of rotatable bonds is 5. The van der Waals surface area contributed by atoms with Gasteiger partial charge in [-0.2, -0.15) is 0 Å². The summed E-state index contributed by atoms with van der Waals surface area (Å²) in [6, 6.07) is 13.5. The first-order valence-corrected chi connectivity index (χ1v) is 11.9. The Morgan fingerprint density at radius 3 is 2.76 bits per heavy atom. The van der Waals surface area contributed by atoms with Gasteiger partial charge >= 0.3 is 0 Å². The van der Waals surface area contributed by atoms with Crippen molar-refractivity contribution in [2.75, 3.05) is 23.6 Å². The molecule has 0 fully saturated rings. The number of anilines is 2. The van der Waals surface area contributed by atoms with Gasteiger partial charge in [0.05, 0.1) is 24.0 Å². The number of carbonyl (C=O) groups is 2. The van der Waals surface area contributed by atoms with E-state index in [2.05, 4.69) is 36.3 Å². The number of Topliss-reactive ketones (excluding diaryl/α,β-unsaturated/α-hetero) is 1. The van der Waals surface area contributed by atoms with Crippen LogP contribution in [0.15, 0.2) is 53.7 Å². The number of allylic oxidation sites excluding steroid dienone is 1. The van der Waals surface area contributed by atoms with Gasteiger partial charge in [-0.1, -0.05) is 39.0 Å². The van der Waals surface area contributed by atoms with Gasteiger partial charge < -0.3 is 25.0 Å². The van der Waals surface area contributed by atoms with E-state index in [1.807, 2.05) is 42.5 Å². The van der Waals surface area contributed by atoms with Gasteiger partial charge in [-0.15, -0.1) is 0 Å². The topological polar surface area (TPSA) is 79.9 Å². The lowest BCUT2D eigenvalue weighted by Gasteiger charge is -2.37. The van der Waals surface area contributed by atoms with Crippen LogP contribution in [0.25, 0.3) is 0 Å². The molecule has 7 heteroatoms. The van der Waals surface area contributed by atoms with Crippen LogP contribution in [-0.2, 0) is 16.1 Å². The Bertz CT molecular complexity index is 1170. The fraction of sp³-hybridized carbons (Fsp3) is 0.407. The van der Waals surface area contributed by atoms with Crippen molar-refractivity contribution < 1.29 is 19.1 Å². The maximum atomic E-state index is 13.3. The normalized spacial score (nSPS) is 20.3. The molecule has 2 N–H and O–H groups in total. The summed E-state index contributed by atoms with van der Waals surface area (Å²) in [6.45, 7) is 7.12. The summed E-state index contributed by atoms with van der Waals surface area (Å²) in [5.74, 6) is 1.49. The lowest BCUT2D eigenvalue weighted by atomic mass is 9.74. The Kier molecular flexibility index (Phi) is 5.71. The van der Waals surface area contributed by atoms with Crippen LogP contribution in [-0.4, -0.2) is 31.1 Å². The van der Waals surface area contributed by atoms with Crippen LogP contribution in [0.5, 0.6) is 11.5 Å². The molecule has 34 heavy (non-hydrogen) atoms. The molecule has 1 unspecified atom stereocenters. The highest BCUT2D eigenvalue weighted by Crippen LogP contribution is 2.44. The smallest absolute Gasteiger partial charge is 0.239 e. The van der Waals surface area contributed by atoms with E-state index in [9.17, 15) is 9.59 Å². The Balaban J connectivity index is 1.39. The van der Waals surface area contributed by atoms with Crippen molar-refractivity contribution in [3.63, 3.8) is 0 Å². The van der Waals surface area contributed by atoms with Crippen LogP contribution in [0.1, 0.15) is 45.6 Å². The number of nitrogens with one attached hydrogen (secondary N) is 2. The van der Waals surface area contributed by atoms with E-state index >= 15 is 0 Å². The summed E-state index contributed by atoms with van der Waals surface area (Å²) in [5.41, 5.74) is 4.53. The third-order valence-corrected chi connectivity index (χ3v) is 6.76. The van der Waals surface area contributed by atoms with E-state index in [1.54, 1.807) is 0 Å². The molecule has 178 valence electrons. The number of hydrogen-bond donors (Lipinski definition) is 2. The van der Waals surface area contributed by atoms with Gasteiger partial charge in [0.1, 0.15) is 0 Å². The van der Waals surface area contributed by atoms with E-state index in [0.29, 0.717) is 18.7 Å². The third-order valence-electron chi connectivity index (χ3n) is 6.76. The SMILES string of the molecule is CCC1C2=C(CC(C)(C)CC2=O)Nc2ccccc2N1CC(=O)NCc1ccc2c(c1)OCO2. The molecule has 1 amide bonds. The first-order valence-electron chi connectivity index (χ1n) is 11.9. The minimum Gasteiger partial charge on any atom is -0.454 e. The number of carbonyl (C=O) groups excluding carboxylic acids is 2. The molecule has 0 saturated carbocycles. The zero-order valence-electron chi connectivity index (χ0n) is 19.9. The minimum atomic E-state index is -0.161. The van der Waals surface area contributed by atoms with Gasteiger partial charge in [0.15, 0.2) is 17.3 Å². The summed E-state index contributed by atoms with van der Waals surface area (Å²) in [4.78, 5) is 28.5. The number of ether oxygens (including phenoxy) is 2. The van der Waals surface area contributed by atoms with Gasteiger partial charge in [0, 0.05) is 24.2 Å². The predicted molar refractivity (Wildman–Crippen MR) is 131 cm³/mol. The van der Waals surface area contributed by atoms with Crippen molar-refractivity contribution in [3.05, 3.63) is 59.3 Å². The second kappa shape index (κ2) is 8.70. The average molecular weight is 462 g/mol. The molecular weight excluding hydrogens is 430 g/mol.